The van der Waals surface area contributed by atoms with Crippen LogP contribution in [-0.2, 0) is 6.54 Å². The number of nitrogens with one attached hydrogen (secondary N) is 1. The molecule has 0 radical (unpaired) electrons. The van der Waals surface area contributed by atoms with Crippen LogP contribution < -0.4 is 5.56 Å². The summed E-state index contributed by atoms with van der Waals surface area (Å²) in [5, 5.41) is 0.634. The number of nitrogens with zero attached hydrogens (tertiary/aromatic N) is 3. The maximum Gasteiger partial charge on any atom is 0.258 e. The predicted octanol–water partition coefficient (Wildman–Crippen LogP) is 3.37. The summed E-state index contributed by atoms with van der Waals surface area (Å²) in [6.45, 7) is 5.89. The number of fused-ring (bicyclic) bond motifs is 1. The second kappa shape index (κ2) is 6.44. The fourth-order valence-electron chi connectivity index (χ4n) is 3.65. The normalized spacial score (nSPS) is 18.4. The van der Waals surface area contributed by atoms with Gasteiger partial charge in [-0.15, -0.1) is 0 Å². The Morgan fingerprint density at radius 1 is 1.36 bits per heavy atom. The van der Waals surface area contributed by atoms with Crippen molar-refractivity contribution >= 4 is 10.9 Å². The van der Waals surface area contributed by atoms with Gasteiger partial charge in [0.1, 0.15) is 11.6 Å². The zero-order valence-electron chi connectivity index (χ0n) is 14.5. The number of rotatable bonds is 4. The van der Waals surface area contributed by atoms with Gasteiger partial charge in [-0.3, -0.25) is 9.69 Å². The number of aromatic nitrogens is 3. The van der Waals surface area contributed by atoms with Gasteiger partial charge in [-0.2, -0.15) is 0 Å². The molecule has 0 amide bonds. The van der Waals surface area contributed by atoms with Crippen LogP contribution in [0.5, 0.6) is 0 Å². The van der Waals surface area contributed by atoms with Crippen molar-refractivity contribution in [3.8, 4) is 0 Å². The zero-order chi connectivity index (χ0) is 17.4. The minimum atomic E-state index is -0.0724. The Morgan fingerprint density at radius 3 is 3.04 bits per heavy atom. The van der Waals surface area contributed by atoms with Gasteiger partial charge < -0.3 is 9.40 Å². The lowest BCUT2D eigenvalue weighted by Gasteiger charge is -2.23. The summed E-state index contributed by atoms with van der Waals surface area (Å²) in [5.74, 6) is 1.98. The van der Waals surface area contributed by atoms with Crippen molar-refractivity contribution in [2.75, 3.05) is 6.54 Å². The number of hydrogen-bond acceptors (Lipinski definition) is 5. The van der Waals surface area contributed by atoms with Gasteiger partial charge in [0.05, 0.1) is 22.6 Å². The van der Waals surface area contributed by atoms with E-state index < -0.39 is 0 Å². The van der Waals surface area contributed by atoms with Gasteiger partial charge in [-0.25, -0.2) is 9.97 Å². The zero-order valence-corrected chi connectivity index (χ0v) is 14.5. The first kappa shape index (κ1) is 16.0. The third-order valence-corrected chi connectivity index (χ3v) is 4.86. The van der Waals surface area contributed by atoms with E-state index in [-0.39, 0.29) is 11.6 Å². The first-order valence-corrected chi connectivity index (χ1v) is 8.78. The van der Waals surface area contributed by atoms with Crippen molar-refractivity contribution in [3.63, 3.8) is 0 Å². The summed E-state index contributed by atoms with van der Waals surface area (Å²) >= 11 is 0. The van der Waals surface area contributed by atoms with Crippen LogP contribution >= 0.6 is 0 Å². The Morgan fingerprint density at radius 2 is 2.20 bits per heavy atom. The molecule has 1 aliphatic heterocycles. The van der Waals surface area contributed by atoms with Crippen LogP contribution in [0.25, 0.3) is 10.9 Å². The van der Waals surface area contributed by atoms with Crippen LogP contribution in [0.1, 0.15) is 55.9 Å². The molecule has 4 rings (SSSR count). The number of benzene rings is 1. The SMILES string of the molecule is CC(C)c1ocnc1CN1CCCC1c1nc2ccccc2c(=O)[nH]1. The highest BCUT2D eigenvalue weighted by atomic mass is 16.3. The average molecular weight is 338 g/mol. The summed E-state index contributed by atoms with van der Waals surface area (Å²) < 4.78 is 5.54. The van der Waals surface area contributed by atoms with Gasteiger partial charge >= 0.3 is 0 Å². The highest BCUT2D eigenvalue weighted by Crippen LogP contribution is 2.32. The molecule has 1 saturated heterocycles. The fourth-order valence-corrected chi connectivity index (χ4v) is 3.65. The molecule has 1 unspecified atom stereocenters. The Bertz CT molecular complexity index is 944. The topological polar surface area (TPSA) is 75.0 Å². The van der Waals surface area contributed by atoms with Crippen LogP contribution in [0.2, 0.25) is 0 Å². The lowest BCUT2D eigenvalue weighted by atomic mass is 10.1. The van der Waals surface area contributed by atoms with Crippen LogP contribution in [-0.4, -0.2) is 26.4 Å². The molecule has 3 aromatic rings. The lowest BCUT2D eigenvalue weighted by Crippen LogP contribution is -2.27. The summed E-state index contributed by atoms with van der Waals surface area (Å²) in [4.78, 5) is 26.8. The predicted molar refractivity (Wildman–Crippen MR) is 95.3 cm³/mol. The van der Waals surface area contributed by atoms with E-state index in [0.29, 0.717) is 17.8 Å². The summed E-state index contributed by atoms with van der Waals surface area (Å²) in [6.07, 6.45) is 3.58. The van der Waals surface area contributed by atoms with E-state index in [9.17, 15) is 4.79 Å². The average Bonchev–Trinajstić information content (AvgIpc) is 3.24. The van der Waals surface area contributed by atoms with E-state index in [1.165, 1.54) is 6.39 Å². The molecule has 130 valence electrons. The molecule has 0 spiro atoms. The molecule has 0 aliphatic carbocycles. The summed E-state index contributed by atoms with van der Waals surface area (Å²) in [7, 11) is 0. The fraction of sp³-hybridized carbons (Fsp3) is 0.421. The Labute approximate surface area is 145 Å². The van der Waals surface area contributed by atoms with Crippen LogP contribution in [0.4, 0.5) is 0 Å². The molecule has 0 bridgehead atoms. The van der Waals surface area contributed by atoms with E-state index in [0.717, 1.165) is 42.2 Å². The van der Waals surface area contributed by atoms with Crippen LogP contribution in [0.3, 0.4) is 0 Å². The first-order valence-electron chi connectivity index (χ1n) is 8.78. The second-order valence-electron chi connectivity index (χ2n) is 6.91. The highest BCUT2D eigenvalue weighted by molar-refractivity contribution is 5.77. The van der Waals surface area contributed by atoms with Gasteiger partial charge in [-0.1, -0.05) is 26.0 Å². The van der Waals surface area contributed by atoms with Gasteiger partial charge in [0.15, 0.2) is 6.39 Å². The van der Waals surface area contributed by atoms with E-state index in [2.05, 4.69) is 28.7 Å². The molecule has 6 heteroatoms. The van der Waals surface area contributed by atoms with E-state index in [4.69, 9.17) is 9.40 Å². The Hall–Kier alpha value is -2.47. The molecule has 1 aliphatic rings. The van der Waals surface area contributed by atoms with E-state index >= 15 is 0 Å². The first-order chi connectivity index (χ1) is 12.1. The van der Waals surface area contributed by atoms with Crippen molar-refractivity contribution in [2.24, 2.45) is 0 Å². The molecule has 1 aromatic carbocycles. The maximum absolute atomic E-state index is 12.4. The largest absolute Gasteiger partial charge is 0.448 e. The number of hydrogen-bond donors (Lipinski definition) is 1. The molecule has 1 fully saturated rings. The molecule has 1 N–H and O–H groups in total. The molecule has 0 saturated carbocycles. The Balaban J connectivity index is 1.65. The van der Waals surface area contributed by atoms with Crippen molar-refractivity contribution in [1.29, 1.82) is 0 Å². The van der Waals surface area contributed by atoms with Crippen molar-refractivity contribution < 1.29 is 4.42 Å². The summed E-state index contributed by atoms with van der Waals surface area (Å²) in [6, 6.07) is 7.58. The maximum atomic E-state index is 12.4. The van der Waals surface area contributed by atoms with E-state index in [1.807, 2.05) is 24.3 Å². The minimum Gasteiger partial charge on any atom is -0.448 e. The number of H-pyrrole nitrogens is 1. The molecular weight excluding hydrogens is 316 g/mol. The number of oxazole rings is 1. The van der Waals surface area contributed by atoms with Gasteiger partial charge in [0, 0.05) is 12.5 Å². The monoisotopic (exact) mass is 338 g/mol. The summed E-state index contributed by atoms with van der Waals surface area (Å²) in [5.41, 5.74) is 1.65. The van der Waals surface area contributed by atoms with Gasteiger partial charge in [0.2, 0.25) is 0 Å². The number of aromatic amines is 1. The number of para-hydroxylation sites is 1. The Kier molecular flexibility index (Phi) is 4.13. The number of likely N-dealkylation sites (tertiary alicyclic amines) is 1. The van der Waals surface area contributed by atoms with Crippen molar-refractivity contribution in [1.82, 2.24) is 19.9 Å². The second-order valence-corrected chi connectivity index (χ2v) is 6.91. The van der Waals surface area contributed by atoms with Crippen LogP contribution in [0, 0.1) is 0 Å². The van der Waals surface area contributed by atoms with Crippen molar-refractivity contribution in [2.45, 2.75) is 45.2 Å². The molecular formula is C19H22N4O2. The molecule has 6 nitrogen and oxygen atoms in total. The minimum absolute atomic E-state index is 0.0724. The highest BCUT2D eigenvalue weighted by Gasteiger charge is 2.30. The molecule has 25 heavy (non-hydrogen) atoms. The quantitative estimate of drug-likeness (QED) is 0.789. The van der Waals surface area contributed by atoms with E-state index in [1.54, 1.807) is 0 Å². The standard InChI is InChI=1S/C19H22N4O2/c1-12(2)17-15(20-11-25-17)10-23-9-5-8-16(23)18-21-14-7-4-3-6-13(14)19(24)22-18/h3-4,6-7,11-12,16H,5,8-10H2,1-2H3,(H,21,22,24). The smallest absolute Gasteiger partial charge is 0.258 e. The molecule has 3 heterocycles. The van der Waals surface area contributed by atoms with Gasteiger partial charge in [0.25, 0.3) is 5.56 Å². The third kappa shape index (κ3) is 2.98. The van der Waals surface area contributed by atoms with Crippen LogP contribution in [0.15, 0.2) is 39.9 Å². The van der Waals surface area contributed by atoms with Crippen molar-refractivity contribution in [3.05, 3.63) is 58.3 Å². The molecule has 2 aromatic heterocycles. The third-order valence-electron chi connectivity index (χ3n) is 4.86. The molecule has 1 atom stereocenters. The van der Waals surface area contributed by atoms with Gasteiger partial charge in [-0.05, 0) is 31.5 Å². The lowest BCUT2D eigenvalue weighted by molar-refractivity contribution is 0.235.